The molecule has 1 amide bonds. The van der Waals surface area contributed by atoms with E-state index in [-0.39, 0.29) is 11.4 Å². The van der Waals surface area contributed by atoms with Crippen molar-refractivity contribution in [2.45, 2.75) is 33.2 Å². The van der Waals surface area contributed by atoms with E-state index in [1.165, 1.54) is 0 Å². The third kappa shape index (κ3) is 2.82. The average molecular weight is 224 g/mol. The second-order valence-electron chi connectivity index (χ2n) is 4.80. The minimum atomic E-state index is -0.170. The molecule has 1 heterocycles. The summed E-state index contributed by atoms with van der Waals surface area (Å²) in [7, 11) is 0. The van der Waals surface area contributed by atoms with Gasteiger partial charge in [-0.15, -0.1) is 0 Å². The van der Waals surface area contributed by atoms with Gasteiger partial charge in [0.05, 0.1) is 5.54 Å². The lowest BCUT2D eigenvalue weighted by atomic mass is 10.1. The van der Waals surface area contributed by atoms with Gasteiger partial charge >= 0.3 is 0 Å². The highest BCUT2D eigenvalue weighted by molar-refractivity contribution is 5.92. The van der Waals surface area contributed by atoms with Gasteiger partial charge in [0, 0.05) is 18.8 Å². The smallest absolute Gasteiger partial charge is 0.271 e. The lowest BCUT2D eigenvalue weighted by Crippen LogP contribution is -2.30. The van der Waals surface area contributed by atoms with Crippen LogP contribution in [0.1, 0.15) is 37.0 Å². The standard InChI is InChI=1S/C11H20N4O/c1-8-7-9(10(16)13-6-5-12)14-15(8)11(2,3)4/h7H,5-6,12H2,1-4H3,(H,13,16). The van der Waals surface area contributed by atoms with Crippen LogP contribution in [0.25, 0.3) is 0 Å². The number of aryl methyl sites for hydroxylation is 1. The van der Waals surface area contributed by atoms with Crippen LogP contribution in [-0.4, -0.2) is 28.8 Å². The highest BCUT2D eigenvalue weighted by Crippen LogP contribution is 2.16. The highest BCUT2D eigenvalue weighted by atomic mass is 16.1. The van der Waals surface area contributed by atoms with Crippen molar-refractivity contribution in [2.24, 2.45) is 5.73 Å². The molecule has 0 atom stereocenters. The Labute approximate surface area is 96.0 Å². The van der Waals surface area contributed by atoms with Crippen molar-refractivity contribution in [3.05, 3.63) is 17.5 Å². The number of aromatic nitrogens is 2. The average Bonchev–Trinajstić information content (AvgIpc) is 2.56. The summed E-state index contributed by atoms with van der Waals surface area (Å²) in [5.41, 5.74) is 6.63. The molecule has 16 heavy (non-hydrogen) atoms. The number of amides is 1. The molecular formula is C11H20N4O. The van der Waals surface area contributed by atoms with Gasteiger partial charge in [-0.05, 0) is 33.8 Å². The second-order valence-corrected chi connectivity index (χ2v) is 4.80. The third-order valence-corrected chi connectivity index (χ3v) is 2.19. The van der Waals surface area contributed by atoms with Crippen LogP contribution in [0.3, 0.4) is 0 Å². The van der Waals surface area contributed by atoms with Gasteiger partial charge in [-0.3, -0.25) is 9.48 Å². The molecule has 5 heteroatoms. The van der Waals surface area contributed by atoms with Crippen LogP contribution in [0.4, 0.5) is 0 Å². The fourth-order valence-corrected chi connectivity index (χ4v) is 1.54. The quantitative estimate of drug-likeness (QED) is 0.791. The van der Waals surface area contributed by atoms with Gasteiger partial charge in [-0.2, -0.15) is 5.10 Å². The maximum absolute atomic E-state index is 11.7. The Kier molecular flexibility index (Phi) is 3.70. The van der Waals surface area contributed by atoms with Gasteiger partial charge in [-0.1, -0.05) is 0 Å². The fourth-order valence-electron chi connectivity index (χ4n) is 1.54. The summed E-state index contributed by atoms with van der Waals surface area (Å²) < 4.78 is 1.85. The van der Waals surface area contributed by atoms with Crippen LogP contribution in [0.15, 0.2) is 6.07 Å². The Balaban J connectivity index is 2.89. The van der Waals surface area contributed by atoms with Crippen LogP contribution >= 0.6 is 0 Å². The summed E-state index contributed by atoms with van der Waals surface area (Å²) >= 11 is 0. The van der Waals surface area contributed by atoms with E-state index in [1.54, 1.807) is 6.07 Å². The minimum Gasteiger partial charge on any atom is -0.349 e. The lowest BCUT2D eigenvalue weighted by Gasteiger charge is -2.21. The van der Waals surface area contributed by atoms with E-state index >= 15 is 0 Å². The maximum Gasteiger partial charge on any atom is 0.271 e. The van der Waals surface area contributed by atoms with Crippen LogP contribution in [-0.2, 0) is 5.54 Å². The first kappa shape index (κ1) is 12.7. The summed E-state index contributed by atoms with van der Waals surface area (Å²) in [6.45, 7) is 9.00. The summed E-state index contributed by atoms with van der Waals surface area (Å²) in [4.78, 5) is 11.7. The van der Waals surface area contributed by atoms with Gasteiger partial charge in [0.15, 0.2) is 0 Å². The molecule has 0 radical (unpaired) electrons. The molecule has 1 aromatic heterocycles. The number of rotatable bonds is 3. The van der Waals surface area contributed by atoms with Crippen LogP contribution in [0, 0.1) is 6.92 Å². The predicted octanol–water partition coefficient (Wildman–Crippen LogP) is 0.635. The topological polar surface area (TPSA) is 72.9 Å². The first-order chi connectivity index (χ1) is 7.36. The van der Waals surface area contributed by atoms with Gasteiger partial charge in [0.25, 0.3) is 5.91 Å². The molecule has 0 saturated carbocycles. The minimum absolute atomic E-state index is 0.115. The zero-order valence-electron chi connectivity index (χ0n) is 10.4. The molecule has 5 nitrogen and oxygen atoms in total. The molecule has 0 unspecified atom stereocenters. The van der Waals surface area contributed by atoms with Gasteiger partial charge in [0.1, 0.15) is 5.69 Å². The molecule has 0 aromatic carbocycles. The van der Waals surface area contributed by atoms with Crippen molar-refractivity contribution in [3.63, 3.8) is 0 Å². The zero-order chi connectivity index (χ0) is 12.3. The first-order valence-corrected chi connectivity index (χ1v) is 5.41. The molecule has 0 spiro atoms. The number of carbonyl (C=O) groups is 1. The number of nitrogens with two attached hydrogens (primary N) is 1. The third-order valence-electron chi connectivity index (χ3n) is 2.19. The van der Waals surface area contributed by atoms with E-state index in [1.807, 2.05) is 11.6 Å². The van der Waals surface area contributed by atoms with E-state index in [4.69, 9.17) is 5.73 Å². The van der Waals surface area contributed by atoms with E-state index < -0.39 is 0 Å². The van der Waals surface area contributed by atoms with Gasteiger partial charge in [0.2, 0.25) is 0 Å². The molecule has 3 N–H and O–H groups in total. The van der Waals surface area contributed by atoms with Gasteiger partial charge < -0.3 is 11.1 Å². The molecule has 0 aliphatic carbocycles. The number of nitrogens with one attached hydrogen (secondary N) is 1. The van der Waals surface area contributed by atoms with Gasteiger partial charge in [-0.25, -0.2) is 0 Å². The molecule has 1 aromatic rings. The van der Waals surface area contributed by atoms with Crippen molar-refractivity contribution >= 4 is 5.91 Å². The number of nitrogens with zero attached hydrogens (tertiary/aromatic N) is 2. The fraction of sp³-hybridized carbons (Fsp3) is 0.636. The summed E-state index contributed by atoms with van der Waals surface area (Å²) in [6.07, 6.45) is 0. The predicted molar refractivity (Wildman–Crippen MR) is 63.3 cm³/mol. The number of hydrogen-bond acceptors (Lipinski definition) is 3. The normalized spacial score (nSPS) is 11.6. The number of carbonyl (C=O) groups excluding carboxylic acids is 1. The van der Waals surface area contributed by atoms with E-state index in [0.29, 0.717) is 18.8 Å². The molecular weight excluding hydrogens is 204 g/mol. The molecule has 0 fully saturated rings. The Bertz CT molecular complexity index is 376. The molecule has 0 bridgehead atoms. The van der Waals surface area contributed by atoms with E-state index in [9.17, 15) is 4.79 Å². The lowest BCUT2D eigenvalue weighted by molar-refractivity contribution is 0.0948. The Morgan fingerprint density at radius 2 is 2.19 bits per heavy atom. The summed E-state index contributed by atoms with van der Waals surface area (Å²) in [5.74, 6) is -0.170. The first-order valence-electron chi connectivity index (χ1n) is 5.41. The van der Waals surface area contributed by atoms with Crippen molar-refractivity contribution in [3.8, 4) is 0 Å². The largest absolute Gasteiger partial charge is 0.349 e. The van der Waals surface area contributed by atoms with Crippen LogP contribution in [0.5, 0.6) is 0 Å². The molecule has 90 valence electrons. The second kappa shape index (κ2) is 4.65. The Morgan fingerprint density at radius 3 is 2.62 bits per heavy atom. The molecule has 0 aliphatic heterocycles. The molecule has 0 saturated heterocycles. The Hall–Kier alpha value is -1.36. The molecule has 0 aliphatic rings. The Morgan fingerprint density at radius 1 is 1.56 bits per heavy atom. The zero-order valence-corrected chi connectivity index (χ0v) is 10.4. The molecule has 1 rings (SSSR count). The van der Waals surface area contributed by atoms with Crippen LogP contribution in [0.2, 0.25) is 0 Å². The maximum atomic E-state index is 11.7. The van der Waals surface area contributed by atoms with E-state index in [0.717, 1.165) is 5.69 Å². The number of hydrogen-bond donors (Lipinski definition) is 2. The summed E-state index contributed by atoms with van der Waals surface area (Å²) in [5, 5.41) is 7.00. The summed E-state index contributed by atoms with van der Waals surface area (Å²) in [6, 6.07) is 1.79. The monoisotopic (exact) mass is 224 g/mol. The van der Waals surface area contributed by atoms with Crippen molar-refractivity contribution in [1.82, 2.24) is 15.1 Å². The van der Waals surface area contributed by atoms with Crippen molar-refractivity contribution < 1.29 is 4.79 Å². The van der Waals surface area contributed by atoms with Crippen molar-refractivity contribution in [2.75, 3.05) is 13.1 Å². The van der Waals surface area contributed by atoms with E-state index in [2.05, 4.69) is 31.2 Å². The highest BCUT2D eigenvalue weighted by Gasteiger charge is 2.19. The SMILES string of the molecule is Cc1cc(C(=O)NCCN)nn1C(C)(C)C. The van der Waals surface area contributed by atoms with Crippen LogP contribution < -0.4 is 11.1 Å². The van der Waals surface area contributed by atoms with Crippen molar-refractivity contribution in [1.29, 1.82) is 0 Å².